The van der Waals surface area contributed by atoms with Crippen LogP contribution in [0.4, 0.5) is 5.69 Å². The van der Waals surface area contributed by atoms with Crippen molar-refractivity contribution in [2.75, 3.05) is 33.6 Å². The van der Waals surface area contributed by atoms with E-state index in [1.807, 2.05) is 6.07 Å². The maximum atomic E-state index is 12.8. The quantitative estimate of drug-likeness (QED) is 0.802. The average Bonchev–Trinajstić information content (AvgIpc) is 3.05. The summed E-state index contributed by atoms with van der Waals surface area (Å²) in [6.45, 7) is 0. The summed E-state index contributed by atoms with van der Waals surface area (Å²) in [6, 6.07) is 10.1. The van der Waals surface area contributed by atoms with Crippen LogP contribution < -0.4 is 14.8 Å². The highest BCUT2D eigenvalue weighted by Gasteiger charge is 2.23. The van der Waals surface area contributed by atoms with Crippen molar-refractivity contribution in [1.29, 1.82) is 0 Å². The van der Waals surface area contributed by atoms with Gasteiger partial charge in [-0.2, -0.15) is 0 Å². The lowest BCUT2D eigenvalue weighted by atomic mass is 10.1. The van der Waals surface area contributed by atoms with Crippen LogP contribution in [0.25, 0.3) is 0 Å². The lowest BCUT2D eigenvalue weighted by Crippen LogP contribution is -2.27. The number of rotatable bonds is 5. The number of hydrogen-bond acceptors (Lipinski definition) is 4. The maximum Gasteiger partial charge on any atom is 0.259 e. The minimum atomic E-state index is -0.215. The summed E-state index contributed by atoms with van der Waals surface area (Å²) in [5.74, 6) is 0.870. The van der Waals surface area contributed by atoms with Crippen LogP contribution in [0, 0.1) is 0 Å². The molecule has 0 heterocycles. The number of amides is 1. The van der Waals surface area contributed by atoms with Crippen LogP contribution in [0.15, 0.2) is 34.8 Å². The zero-order chi connectivity index (χ0) is 18.8. The van der Waals surface area contributed by atoms with Crippen molar-refractivity contribution in [3.63, 3.8) is 0 Å². The molecule has 1 unspecified atom stereocenters. The molecule has 0 saturated heterocycles. The van der Waals surface area contributed by atoms with Gasteiger partial charge in [0.25, 0.3) is 5.91 Å². The fourth-order valence-corrected chi connectivity index (χ4v) is 3.78. The predicted octanol–water partition coefficient (Wildman–Crippen LogP) is 3.75. The molecule has 1 N–H and O–H groups in total. The summed E-state index contributed by atoms with van der Waals surface area (Å²) >= 11 is 3.42. The predicted molar refractivity (Wildman–Crippen MR) is 107 cm³/mol. The molecule has 138 valence electrons. The Kier molecular flexibility index (Phi) is 5.53. The number of carbonyl (C=O) groups is 1. The number of halogens is 1. The van der Waals surface area contributed by atoms with Crippen LogP contribution in [0.3, 0.4) is 0 Å². The van der Waals surface area contributed by atoms with E-state index in [1.165, 1.54) is 18.2 Å². The van der Waals surface area contributed by atoms with E-state index < -0.39 is 0 Å². The lowest BCUT2D eigenvalue weighted by Gasteiger charge is -2.17. The number of benzene rings is 2. The van der Waals surface area contributed by atoms with Gasteiger partial charge < -0.3 is 19.7 Å². The average molecular weight is 419 g/mol. The Hall–Kier alpha value is -2.05. The maximum absolute atomic E-state index is 12.8. The highest BCUT2D eigenvalue weighted by atomic mass is 79.9. The van der Waals surface area contributed by atoms with Crippen LogP contribution in [0.1, 0.15) is 21.5 Å². The second-order valence-electron chi connectivity index (χ2n) is 6.65. The van der Waals surface area contributed by atoms with Crippen molar-refractivity contribution in [2.45, 2.75) is 18.9 Å². The third-order valence-electron chi connectivity index (χ3n) is 4.82. The molecule has 0 fully saturated rings. The van der Waals surface area contributed by atoms with Crippen LogP contribution >= 0.6 is 15.9 Å². The van der Waals surface area contributed by atoms with Crippen LogP contribution in [-0.4, -0.2) is 45.2 Å². The van der Waals surface area contributed by atoms with E-state index in [9.17, 15) is 4.79 Å². The molecule has 1 aliphatic rings. The molecule has 1 aliphatic carbocycles. The number of likely N-dealkylation sites (N-methyl/N-ethyl adjacent to an activating group) is 1. The molecule has 5 nitrogen and oxygen atoms in total. The summed E-state index contributed by atoms with van der Waals surface area (Å²) in [7, 11) is 7.32. The van der Waals surface area contributed by atoms with Crippen molar-refractivity contribution in [1.82, 2.24) is 4.90 Å². The minimum Gasteiger partial charge on any atom is -0.496 e. The van der Waals surface area contributed by atoms with Crippen LogP contribution in [0.2, 0.25) is 0 Å². The van der Waals surface area contributed by atoms with Gasteiger partial charge in [0.05, 0.1) is 24.3 Å². The molecule has 1 atom stereocenters. The number of ether oxygens (including phenoxy) is 2. The molecule has 3 rings (SSSR count). The molecule has 0 aromatic heterocycles. The van der Waals surface area contributed by atoms with E-state index in [0.29, 0.717) is 27.6 Å². The van der Waals surface area contributed by atoms with Crippen molar-refractivity contribution < 1.29 is 14.3 Å². The first-order chi connectivity index (χ1) is 12.4. The Morgan fingerprint density at radius 3 is 2.42 bits per heavy atom. The molecule has 2 aromatic rings. The van der Waals surface area contributed by atoms with Crippen molar-refractivity contribution in [3.05, 3.63) is 51.5 Å². The molecule has 26 heavy (non-hydrogen) atoms. The normalized spacial score (nSPS) is 15.7. The molecule has 2 aromatic carbocycles. The third kappa shape index (κ3) is 3.71. The highest BCUT2D eigenvalue weighted by Crippen LogP contribution is 2.33. The van der Waals surface area contributed by atoms with E-state index in [1.54, 1.807) is 19.2 Å². The second kappa shape index (κ2) is 7.68. The molecule has 0 aliphatic heterocycles. The number of carbonyl (C=O) groups excluding carboxylic acids is 1. The summed E-state index contributed by atoms with van der Waals surface area (Å²) in [6.07, 6.45) is 2.05. The van der Waals surface area contributed by atoms with Gasteiger partial charge in [0.1, 0.15) is 11.5 Å². The molecule has 0 spiro atoms. The topological polar surface area (TPSA) is 50.8 Å². The minimum absolute atomic E-state index is 0.215. The summed E-state index contributed by atoms with van der Waals surface area (Å²) in [5, 5.41) is 2.98. The first-order valence-electron chi connectivity index (χ1n) is 8.44. The van der Waals surface area contributed by atoms with Gasteiger partial charge in [-0.1, -0.05) is 6.07 Å². The Labute approximate surface area is 162 Å². The van der Waals surface area contributed by atoms with Crippen LogP contribution in [-0.2, 0) is 12.8 Å². The van der Waals surface area contributed by atoms with Gasteiger partial charge >= 0.3 is 0 Å². The molecule has 0 bridgehead atoms. The zero-order valence-electron chi connectivity index (χ0n) is 15.4. The lowest BCUT2D eigenvalue weighted by molar-refractivity contribution is 0.102. The SMILES string of the molecule is COc1cc(OC)c(C(=O)Nc2ccc3c(c2)CC(N(C)C)C3)cc1Br. The summed E-state index contributed by atoms with van der Waals surface area (Å²) < 4.78 is 11.3. The van der Waals surface area contributed by atoms with Crippen molar-refractivity contribution in [3.8, 4) is 11.5 Å². The second-order valence-corrected chi connectivity index (χ2v) is 7.50. The van der Waals surface area contributed by atoms with E-state index in [2.05, 4.69) is 52.4 Å². The van der Waals surface area contributed by atoms with E-state index in [-0.39, 0.29) is 5.91 Å². The number of nitrogens with zero attached hydrogens (tertiary/aromatic N) is 1. The molecular formula is C20H23BrN2O3. The monoisotopic (exact) mass is 418 g/mol. The van der Waals surface area contributed by atoms with Crippen molar-refractivity contribution in [2.24, 2.45) is 0 Å². The van der Waals surface area contributed by atoms with E-state index in [4.69, 9.17) is 9.47 Å². The number of hydrogen-bond donors (Lipinski definition) is 1. The first kappa shape index (κ1) is 18.7. The number of fused-ring (bicyclic) bond motifs is 1. The van der Waals surface area contributed by atoms with Gasteiger partial charge in [-0.3, -0.25) is 4.79 Å². The van der Waals surface area contributed by atoms with Gasteiger partial charge in [0.15, 0.2) is 0 Å². The van der Waals surface area contributed by atoms with Gasteiger partial charge in [-0.05, 0) is 72.2 Å². The first-order valence-corrected chi connectivity index (χ1v) is 9.23. The molecule has 6 heteroatoms. The number of anilines is 1. The summed E-state index contributed by atoms with van der Waals surface area (Å²) in [4.78, 5) is 15.0. The van der Waals surface area contributed by atoms with Gasteiger partial charge in [-0.25, -0.2) is 0 Å². The van der Waals surface area contributed by atoms with E-state index in [0.717, 1.165) is 18.5 Å². The van der Waals surface area contributed by atoms with Gasteiger partial charge in [0, 0.05) is 17.8 Å². The highest BCUT2D eigenvalue weighted by molar-refractivity contribution is 9.10. The molecular weight excluding hydrogens is 396 g/mol. The van der Waals surface area contributed by atoms with Gasteiger partial charge in [-0.15, -0.1) is 0 Å². The molecule has 1 amide bonds. The fraction of sp³-hybridized carbons (Fsp3) is 0.350. The zero-order valence-corrected chi connectivity index (χ0v) is 17.0. The summed E-state index contributed by atoms with van der Waals surface area (Å²) in [5.41, 5.74) is 3.89. The number of methoxy groups -OCH3 is 2. The van der Waals surface area contributed by atoms with Gasteiger partial charge in [0.2, 0.25) is 0 Å². The Balaban J connectivity index is 1.82. The van der Waals surface area contributed by atoms with E-state index >= 15 is 0 Å². The van der Waals surface area contributed by atoms with Crippen LogP contribution in [0.5, 0.6) is 11.5 Å². The Morgan fingerprint density at radius 2 is 1.77 bits per heavy atom. The third-order valence-corrected chi connectivity index (χ3v) is 5.44. The Bertz CT molecular complexity index is 836. The Morgan fingerprint density at radius 1 is 1.08 bits per heavy atom. The smallest absolute Gasteiger partial charge is 0.259 e. The largest absolute Gasteiger partial charge is 0.496 e. The molecule has 0 saturated carbocycles. The number of nitrogens with one attached hydrogen (secondary N) is 1. The molecule has 0 radical (unpaired) electrons. The fourth-order valence-electron chi connectivity index (χ4n) is 3.27. The van der Waals surface area contributed by atoms with Crippen molar-refractivity contribution >= 4 is 27.5 Å². The standard InChI is InChI=1S/C20H23BrN2O3/c1-23(2)15-8-12-5-6-14(7-13(12)9-15)22-20(24)16-10-17(21)19(26-4)11-18(16)25-3/h5-7,10-11,15H,8-9H2,1-4H3,(H,22,24).